The van der Waals surface area contributed by atoms with E-state index in [1.807, 2.05) is 5.32 Å². The lowest BCUT2D eigenvalue weighted by Gasteiger charge is -2.39. The summed E-state index contributed by atoms with van der Waals surface area (Å²) >= 11 is 0. The molecule has 1 aromatic carbocycles. The lowest BCUT2D eigenvalue weighted by molar-refractivity contribution is -0.226. The summed E-state index contributed by atoms with van der Waals surface area (Å²) in [4.78, 5) is 15.3. The number of nitrogens with zero attached hydrogens (tertiary/aromatic N) is 1. The van der Waals surface area contributed by atoms with E-state index in [-0.39, 0.29) is 11.3 Å². The van der Waals surface area contributed by atoms with Crippen LogP contribution in [-0.2, 0) is 15.1 Å². The van der Waals surface area contributed by atoms with Crippen LogP contribution in [0.15, 0.2) is 42.7 Å². The van der Waals surface area contributed by atoms with Crippen LogP contribution in [0.25, 0.3) is 11.1 Å². The van der Waals surface area contributed by atoms with Crippen molar-refractivity contribution >= 4 is 5.91 Å². The minimum Gasteiger partial charge on any atom is -0.506 e. The van der Waals surface area contributed by atoms with E-state index in [4.69, 9.17) is 4.74 Å². The molecule has 24 heavy (non-hydrogen) atoms. The zero-order valence-corrected chi connectivity index (χ0v) is 12.3. The largest absolute Gasteiger partial charge is 0.506 e. The number of benzene rings is 1. The van der Waals surface area contributed by atoms with Crippen LogP contribution >= 0.6 is 0 Å². The minimum absolute atomic E-state index is 0.0993. The molecular weight excluding hydrogens is 325 g/mol. The van der Waals surface area contributed by atoms with Crippen LogP contribution in [0, 0.1) is 0 Å². The SMILES string of the molecule is O=C1COCC(c2cccc(-c3cncc(O)c3)c2)(C(F)(F)F)N1. The topological polar surface area (TPSA) is 71.5 Å². The van der Waals surface area contributed by atoms with Gasteiger partial charge in [-0.05, 0) is 23.3 Å². The molecule has 0 aliphatic carbocycles. The van der Waals surface area contributed by atoms with Gasteiger partial charge < -0.3 is 15.2 Å². The molecule has 1 aliphatic rings. The van der Waals surface area contributed by atoms with Crippen LogP contribution < -0.4 is 5.32 Å². The number of aromatic nitrogens is 1. The highest BCUT2D eigenvalue weighted by Gasteiger charge is 2.58. The highest BCUT2D eigenvalue weighted by molar-refractivity contribution is 5.79. The van der Waals surface area contributed by atoms with E-state index >= 15 is 0 Å². The zero-order valence-electron chi connectivity index (χ0n) is 12.3. The van der Waals surface area contributed by atoms with Crippen molar-refractivity contribution < 1.29 is 27.8 Å². The molecule has 0 bridgehead atoms. The van der Waals surface area contributed by atoms with Crippen molar-refractivity contribution in [1.29, 1.82) is 0 Å². The van der Waals surface area contributed by atoms with Gasteiger partial charge in [0.25, 0.3) is 0 Å². The number of alkyl halides is 3. The van der Waals surface area contributed by atoms with Gasteiger partial charge in [-0.25, -0.2) is 0 Å². The van der Waals surface area contributed by atoms with E-state index in [1.54, 1.807) is 6.07 Å². The molecule has 1 aromatic heterocycles. The fourth-order valence-electron chi connectivity index (χ4n) is 2.63. The maximum absolute atomic E-state index is 13.7. The highest BCUT2D eigenvalue weighted by atomic mass is 19.4. The van der Waals surface area contributed by atoms with Gasteiger partial charge in [-0.1, -0.05) is 18.2 Å². The normalized spacial score (nSPS) is 21.4. The molecule has 3 rings (SSSR count). The number of pyridine rings is 1. The first-order valence-electron chi connectivity index (χ1n) is 7.02. The van der Waals surface area contributed by atoms with Crippen molar-refractivity contribution in [3.63, 3.8) is 0 Å². The van der Waals surface area contributed by atoms with Crippen molar-refractivity contribution in [2.45, 2.75) is 11.7 Å². The maximum Gasteiger partial charge on any atom is 0.418 e. The number of amides is 1. The molecule has 2 heterocycles. The van der Waals surface area contributed by atoms with Crippen LogP contribution in [0.3, 0.4) is 0 Å². The number of ether oxygens (including phenoxy) is 1. The van der Waals surface area contributed by atoms with Gasteiger partial charge >= 0.3 is 6.18 Å². The molecule has 1 amide bonds. The Morgan fingerprint density at radius 1 is 1.21 bits per heavy atom. The summed E-state index contributed by atoms with van der Waals surface area (Å²) in [6.45, 7) is -1.11. The summed E-state index contributed by atoms with van der Waals surface area (Å²) < 4.78 is 46.0. The lowest BCUT2D eigenvalue weighted by atomic mass is 9.87. The summed E-state index contributed by atoms with van der Waals surface area (Å²) in [5, 5.41) is 11.5. The van der Waals surface area contributed by atoms with E-state index in [0.717, 1.165) is 0 Å². The second-order valence-electron chi connectivity index (χ2n) is 5.46. The Kier molecular flexibility index (Phi) is 3.92. The first-order valence-corrected chi connectivity index (χ1v) is 7.02. The molecule has 0 radical (unpaired) electrons. The molecule has 1 fully saturated rings. The number of nitrogens with one attached hydrogen (secondary N) is 1. The predicted molar refractivity (Wildman–Crippen MR) is 78.0 cm³/mol. The minimum atomic E-state index is -4.74. The quantitative estimate of drug-likeness (QED) is 0.882. The maximum atomic E-state index is 13.7. The molecule has 1 unspecified atom stereocenters. The number of hydrogen-bond acceptors (Lipinski definition) is 4. The molecule has 1 atom stereocenters. The fourth-order valence-corrected chi connectivity index (χ4v) is 2.63. The Morgan fingerprint density at radius 3 is 2.67 bits per heavy atom. The van der Waals surface area contributed by atoms with Crippen molar-refractivity contribution in [1.82, 2.24) is 10.3 Å². The molecule has 126 valence electrons. The van der Waals surface area contributed by atoms with Gasteiger partial charge in [-0.2, -0.15) is 13.2 Å². The monoisotopic (exact) mass is 338 g/mol. The third-order valence-electron chi connectivity index (χ3n) is 3.80. The molecule has 2 aromatic rings. The molecule has 5 nitrogen and oxygen atoms in total. The van der Waals surface area contributed by atoms with Crippen molar-refractivity contribution in [2.75, 3.05) is 13.2 Å². The van der Waals surface area contributed by atoms with E-state index in [9.17, 15) is 23.1 Å². The van der Waals surface area contributed by atoms with Gasteiger partial charge in [-0.15, -0.1) is 0 Å². The molecule has 8 heteroatoms. The van der Waals surface area contributed by atoms with Crippen LogP contribution in [0.4, 0.5) is 13.2 Å². The summed E-state index contributed by atoms with van der Waals surface area (Å²) in [7, 11) is 0. The van der Waals surface area contributed by atoms with Crippen molar-refractivity contribution in [2.24, 2.45) is 0 Å². The molecule has 0 spiro atoms. The first kappa shape index (κ1) is 16.3. The van der Waals surface area contributed by atoms with E-state index in [0.29, 0.717) is 11.1 Å². The molecule has 2 N–H and O–H groups in total. The number of hydrogen-bond donors (Lipinski definition) is 2. The molecule has 1 saturated heterocycles. The molecule has 0 saturated carbocycles. The Hall–Kier alpha value is -2.61. The highest BCUT2D eigenvalue weighted by Crippen LogP contribution is 2.41. The van der Waals surface area contributed by atoms with Gasteiger partial charge in [0.1, 0.15) is 12.4 Å². The second-order valence-corrected chi connectivity index (χ2v) is 5.46. The number of halogens is 3. The van der Waals surface area contributed by atoms with Gasteiger partial charge in [0.15, 0.2) is 5.54 Å². The van der Waals surface area contributed by atoms with Gasteiger partial charge in [0.05, 0.1) is 12.8 Å². The number of rotatable bonds is 2. The van der Waals surface area contributed by atoms with Crippen molar-refractivity contribution in [3.8, 4) is 16.9 Å². The number of carbonyl (C=O) groups excluding carboxylic acids is 1. The lowest BCUT2D eigenvalue weighted by Crippen LogP contribution is -2.62. The Bertz CT molecular complexity index is 779. The van der Waals surface area contributed by atoms with Gasteiger partial charge in [0.2, 0.25) is 5.91 Å². The average Bonchev–Trinajstić information content (AvgIpc) is 2.54. The van der Waals surface area contributed by atoms with E-state index in [2.05, 4.69) is 4.98 Å². The Balaban J connectivity index is 2.10. The number of aromatic hydroxyl groups is 1. The second kappa shape index (κ2) is 5.79. The molecular formula is C16H13F3N2O3. The number of carbonyl (C=O) groups is 1. The average molecular weight is 338 g/mol. The van der Waals surface area contributed by atoms with Crippen molar-refractivity contribution in [3.05, 3.63) is 48.3 Å². The summed E-state index contributed by atoms with van der Waals surface area (Å²) in [5.74, 6) is -0.930. The summed E-state index contributed by atoms with van der Waals surface area (Å²) in [6, 6.07) is 7.02. The van der Waals surface area contributed by atoms with E-state index < -0.39 is 30.8 Å². The summed E-state index contributed by atoms with van der Waals surface area (Å²) in [6.07, 6.45) is -2.09. The smallest absolute Gasteiger partial charge is 0.418 e. The van der Waals surface area contributed by atoms with Gasteiger partial charge in [0, 0.05) is 11.8 Å². The Labute approximate surface area is 135 Å². The third-order valence-corrected chi connectivity index (χ3v) is 3.80. The van der Waals surface area contributed by atoms with Crippen LogP contribution in [0.5, 0.6) is 5.75 Å². The van der Waals surface area contributed by atoms with Crippen LogP contribution in [0.2, 0.25) is 0 Å². The van der Waals surface area contributed by atoms with Crippen LogP contribution in [0.1, 0.15) is 5.56 Å². The first-order chi connectivity index (χ1) is 11.3. The molecule has 1 aliphatic heterocycles. The predicted octanol–water partition coefficient (Wildman–Crippen LogP) is 2.36. The number of morpholine rings is 1. The third kappa shape index (κ3) is 2.80. The summed E-state index contributed by atoms with van der Waals surface area (Å²) in [5.41, 5.74) is -1.87. The fraction of sp³-hybridized carbons (Fsp3) is 0.250. The zero-order chi connectivity index (χ0) is 17.4. The Morgan fingerprint density at radius 2 is 2.00 bits per heavy atom. The van der Waals surface area contributed by atoms with E-state index in [1.165, 1.54) is 36.7 Å². The van der Waals surface area contributed by atoms with Gasteiger partial charge in [-0.3, -0.25) is 9.78 Å². The standard InChI is InChI=1S/C16H13F3N2O3/c17-16(18,19)15(9-24-8-14(23)21-15)12-3-1-2-10(4-12)11-5-13(22)7-20-6-11/h1-7,22H,8-9H2,(H,21,23). The van der Waals surface area contributed by atoms with Crippen LogP contribution in [-0.4, -0.2) is 35.4 Å².